The molecule has 0 aromatic heterocycles. The average molecular weight is 344 g/mol. The maximum atomic E-state index is 12.7. The number of primary sulfonamides is 1. The second-order valence-corrected chi connectivity index (χ2v) is 7.74. The highest BCUT2D eigenvalue weighted by Gasteiger charge is 2.45. The van der Waals surface area contributed by atoms with Crippen LogP contribution in [0.15, 0.2) is 59.5 Å². The lowest BCUT2D eigenvalue weighted by molar-refractivity contribution is -0.130. The van der Waals surface area contributed by atoms with Gasteiger partial charge >= 0.3 is 0 Å². The fraction of sp³-hybridized carbons (Fsp3) is 0.278. The molecule has 0 atom stereocenters. The molecule has 0 unspecified atom stereocenters. The Hall–Kier alpha value is -2.18. The lowest BCUT2D eigenvalue weighted by atomic mass is 9.64. The minimum Gasteiger partial charge on any atom is -0.351 e. The van der Waals surface area contributed by atoms with Crippen LogP contribution in [0.5, 0.6) is 0 Å². The quantitative estimate of drug-likeness (QED) is 0.870. The summed E-state index contributed by atoms with van der Waals surface area (Å²) in [6.07, 6.45) is 2.70. The van der Waals surface area contributed by atoms with Crippen LogP contribution in [-0.2, 0) is 26.8 Å². The van der Waals surface area contributed by atoms with Crippen molar-refractivity contribution in [3.63, 3.8) is 0 Å². The van der Waals surface area contributed by atoms with Crippen LogP contribution in [0.3, 0.4) is 0 Å². The van der Waals surface area contributed by atoms with Crippen LogP contribution in [0.4, 0.5) is 0 Å². The summed E-state index contributed by atoms with van der Waals surface area (Å²) in [5.41, 5.74) is 1.28. The maximum absolute atomic E-state index is 12.7. The topological polar surface area (TPSA) is 89.3 Å². The van der Waals surface area contributed by atoms with Gasteiger partial charge in [-0.2, -0.15) is 0 Å². The van der Waals surface area contributed by atoms with E-state index in [9.17, 15) is 13.2 Å². The molecule has 2 aromatic carbocycles. The largest absolute Gasteiger partial charge is 0.351 e. The Morgan fingerprint density at radius 2 is 1.79 bits per heavy atom. The predicted molar refractivity (Wildman–Crippen MR) is 91.6 cm³/mol. The smallest absolute Gasteiger partial charge is 0.238 e. The molecule has 1 fully saturated rings. The van der Waals surface area contributed by atoms with Crippen molar-refractivity contribution in [2.24, 2.45) is 5.14 Å². The molecule has 1 saturated carbocycles. The van der Waals surface area contributed by atoms with Crippen molar-refractivity contribution < 1.29 is 13.2 Å². The van der Waals surface area contributed by atoms with Gasteiger partial charge in [0.05, 0.1) is 10.3 Å². The zero-order chi connectivity index (χ0) is 17.2. The van der Waals surface area contributed by atoms with Crippen LogP contribution in [-0.4, -0.2) is 14.3 Å². The first kappa shape index (κ1) is 16.7. The zero-order valence-corrected chi connectivity index (χ0v) is 14.1. The van der Waals surface area contributed by atoms with Crippen molar-refractivity contribution in [2.45, 2.75) is 36.1 Å². The molecule has 0 aliphatic heterocycles. The molecule has 5 nitrogen and oxygen atoms in total. The SMILES string of the molecule is NS(=O)(=O)c1cccc(CNC(=O)C2(c3ccccc3)CCC2)c1. The third kappa shape index (κ3) is 3.20. The summed E-state index contributed by atoms with van der Waals surface area (Å²) in [6.45, 7) is 0.275. The molecule has 6 heteroatoms. The van der Waals surface area contributed by atoms with Crippen LogP contribution in [0, 0.1) is 0 Å². The van der Waals surface area contributed by atoms with Gasteiger partial charge in [0.15, 0.2) is 0 Å². The first-order chi connectivity index (χ1) is 11.4. The molecular formula is C18H20N2O3S. The summed E-state index contributed by atoms with van der Waals surface area (Å²) in [5.74, 6) is -0.0130. The van der Waals surface area contributed by atoms with E-state index in [1.165, 1.54) is 12.1 Å². The summed E-state index contributed by atoms with van der Waals surface area (Å²) in [4.78, 5) is 12.8. The van der Waals surface area contributed by atoms with E-state index < -0.39 is 15.4 Å². The van der Waals surface area contributed by atoms with Crippen LogP contribution >= 0.6 is 0 Å². The van der Waals surface area contributed by atoms with Gasteiger partial charge in [-0.3, -0.25) is 4.79 Å². The van der Waals surface area contributed by atoms with E-state index in [2.05, 4.69) is 5.32 Å². The number of nitrogens with two attached hydrogens (primary N) is 1. The fourth-order valence-corrected chi connectivity index (χ4v) is 3.70. The standard InChI is InChI=1S/C18H20N2O3S/c19-24(22,23)16-9-4-6-14(12-16)13-20-17(21)18(10-5-11-18)15-7-2-1-3-8-15/h1-4,6-9,12H,5,10-11,13H2,(H,20,21)(H2,19,22,23). The molecule has 1 aliphatic rings. The van der Waals surface area contributed by atoms with Crippen molar-refractivity contribution in [3.8, 4) is 0 Å². The monoisotopic (exact) mass is 344 g/mol. The van der Waals surface area contributed by atoms with Crippen molar-refractivity contribution in [1.82, 2.24) is 5.32 Å². The highest BCUT2D eigenvalue weighted by molar-refractivity contribution is 7.89. The molecule has 0 heterocycles. The molecule has 0 radical (unpaired) electrons. The van der Waals surface area contributed by atoms with E-state index >= 15 is 0 Å². The highest BCUT2D eigenvalue weighted by atomic mass is 32.2. The number of nitrogens with one attached hydrogen (secondary N) is 1. The summed E-state index contributed by atoms with van der Waals surface area (Å²) >= 11 is 0. The fourth-order valence-electron chi connectivity index (χ4n) is 3.12. The number of amides is 1. The van der Waals surface area contributed by atoms with Crippen molar-refractivity contribution in [1.29, 1.82) is 0 Å². The number of carbonyl (C=O) groups excluding carboxylic acids is 1. The number of benzene rings is 2. The molecular weight excluding hydrogens is 324 g/mol. The second-order valence-electron chi connectivity index (χ2n) is 6.18. The minimum atomic E-state index is -3.74. The predicted octanol–water partition coefficient (Wildman–Crippen LogP) is 2.07. The van der Waals surface area contributed by atoms with E-state index in [-0.39, 0.29) is 17.3 Å². The molecule has 3 rings (SSSR count). The molecule has 0 bridgehead atoms. The van der Waals surface area contributed by atoms with Gasteiger partial charge in [-0.25, -0.2) is 13.6 Å². The van der Waals surface area contributed by atoms with E-state index in [0.717, 1.165) is 24.8 Å². The number of carbonyl (C=O) groups is 1. The number of hydrogen-bond donors (Lipinski definition) is 2. The van der Waals surface area contributed by atoms with E-state index in [0.29, 0.717) is 5.56 Å². The van der Waals surface area contributed by atoms with E-state index in [1.807, 2.05) is 30.3 Å². The lowest BCUT2D eigenvalue weighted by Gasteiger charge is -2.40. The molecule has 1 amide bonds. The van der Waals surface area contributed by atoms with Gasteiger partial charge in [0.2, 0.25) is 15.9 Å². The van der Waals surface area contributed by atoms with Gasteiger partial charge in [-0.05, 0) is 36.1 Å². The third-order valence-corrected chi connectivity index (χ3v) is 5.56. The van der Waals surface area contributed by atoms with Gasteiger partial charge in [0.25, 0.3) is 0 Å². The van der Waals surface area contributed by atoms with Crippen LogP contribution in [0.25, 0.3) is 0 Å². The Balaban J connectivity index is 1.74. The summed E-state index contributed by atoms with van der Waals surface area (Å²) < 4.78 is 22.8. The van der Waals surface area contributed by atoms with Crippen molar-refractivity contribution in [2.75, 3.05) is 0 Å². The van der Waals surface area contributed by atoms with Crippen LogP contribution in [0.1, 0.15) is 30.4 Å². The number of hydrogen-bond acceptors (Lipinski definition) is 3. The van der Waals surface area contributed by atoms with Gasteiger partial charge < -0.3 is 5.32 Å². The lowest BCUT2D eigenvalue weighted by Crippen LogP contribution is -2.48. The normalized spacial score (nSPS) is 16.2. The van der Waals surface area contributed by atoms with Gasteiger partial charge in [-0.1, -0.05) is 48.9 Å². The zero-order valence-electron chi connectivity index (χ0n) is 13.2. The molecule has 2 aromatic rings. The minimum absolute atomic E-state index is 0.0130. The Bertz CT molecular complexity index is 844. The maximum Gasteiger partial charge on any atom is 0.238 e. The number of sulfonamides is 1. The van der Waals surface area contributed by atoms with Gasteiger partial charge in [0, 0.05) is 6.54 Å². The summed E-state index contributed by atoms with van der Waals surface area (Å²) in [5, 5.41) is 8.09. The summed E-state index contributed by atoms with van der Waals surface area (Å²) in [6, 6.07) is 16.1. The van der Waals surface area contributed by atoms with Gasteiger partial charge in [0.1, 0.15) is 0 Å². The Morgan fingerprint density at radius 1 is 1.08 bits per heavy atom. The molecule has 24 heavy (non-hydrogen) atoms. The highest BCUT2D eigenvalue weighted by Crippen LogP contribution is 2.43. The average Bonchev–Trinajstić information content (AvgIpc) is 2.52. The molecule has 0 spiro atoms. The van der Waals surface area contributed by atoms with Crippen LogP contribution in [0.2, 0.25) is 0 Å². The first-order valence-corrected chi connectivity index (χ1v) is 9.42. The Kier molecular flexibility index (Phi) is 4.43. The molecule has 126 valence electrons. The number of rotatable bonds is 5. The Morgan fingerprint density at radius 3 is 2.38 bits per heavy atom. The summed E-state index contributed by atoms with van der Waals surface area (Å²) in [7, 11) is -3.74. The third-order valence-electron chi connectivity index (χ3n) is 4.65. The van der Waals surface area contributed by atoms with Gasteiger partial charge in [-0.15, -0.1) is 0 Å². The molecule has 1 aliphatic carbocycles. The first-order valence-electron chi connectivity index (χ1n) is 7.87. The molecule has 3 N–H and O–H groups in total. The van der Waals surface area contributed by atoms with Crippen molar-refractivity contribution in [3.05, 3.63) is 65.7 Å². The Labute approximate surface area is 141 Å². The van der Waals surface area contributed by atoms with Crippen LogP contribution < -0.4 is 10.5 Å². The molecule has 0 saturated heterocycles. The van der Waals surface area contributed by atoms with Crippen molar-refractivity contribution >= 4 is 15.9 Å². The second kappa shape index (κ2) is 6.37. The van der Waals surface area contributed by atoms with E-state index in [4.69, 9.17) is 5.14 Å². The van der Waals surface area contributed by atoms with E-state index in [1.54, 1.807) is 12.1 Å².